The van der Waals surface area contributed by atoms with E-state index in [0.29, 0.717) is 5.92 Å². The van der Waals surface area contributed by atoms with Gasteiger partial charge in [-0.3, -0.25) is 0 Å². The van der Waals surface area contributed by atoms with Gasteiger partial charge in [0.15, 0.2) is 0 Å². The minimum Gasteiger partial charge on any atom is -0.383 e. The predicted molar refractivity (Wildman–Crippen MR) is 63.0 cm³/mol. The van der Waals surface area contributed by atoms with Crippen molar-refractivity contribution < 1.29 is 0 Å². The van der Waals surface area contributed by atoms with Crippen LogP contribution in [-0.2, 0) is 6.54 Å². The summed E-state index contributed by atoms with van der Waals surface area (Å²) in [7, 11) is 1.92. The Morgan fingerprint density at radius 2 is 2.13 bits per heavy atom. The number of hydrogen-bond acceptors (Lipinski definition) is 4. The third-order valence-electron chi connectivity index (χ3n) is 2.11. The van der Waals surface area contributed by atoms with Crippen molar-refractivity contribution >= 4 is 5.69 Å². The van der Waals surface area contributed by atoms with Crippen LogP contribution in [0, 0.1) is 0 Å². The first-order valence-corrected chi connectivity index (χ1v) is 5.43. The van der Waals surface area contributed by atoms with Crippen LogP contribution in [-0.4, -0.2) is 23.6 Å². The van der Waals surface area contributed by atoms with Crippen molar-refractivity contribution in [2.24, 2.45) is 0 Å². The lowest BCUT2D eigenvalue weighted by Gasteiger charge is -2.12. The van der Waals surface area contributed by atoms with Gasteiger partial charge >= 0.3 is 0 Å². The molecule has 0 atom stereocenters. The molecule has 0 aromatic carbocycles. The largest absolute Gasteiger partial charge is 0.383 e. The molecule has 1 rings (SSSR count). The standard InChI is InChI=1S/C11H20N4/c1-5-13-9-7-14-11(8(2)3)15-10(9)6-12-4/h7-8,12-13H,5-6H2,1-4H3. The van der Waals surface area contributed by atoms with E-state index in [9.17, 15) is 0 Å². The van der Waals surface area contributed by atoms with E-state index in [2.05, 4.69) is 41.4 Å². The highest BCUT2D eigenvalue weighted by Crippen LogP contribution is 2.15. The molecule has 0 unspecified atom stereocenters. The molecule has 0 radical (unpaired) electrons. The minimum absolute atomic E-state index is 0.372. The number of rotatable bonds is 5. The van der Waals surface area contributed by atoms with Crippen LogP contribution in [0.3, 0.4) is 0 Å². The summed E-state index contributed by atoms with van der Waals surface area (Å²) < 4.78 is 0. The monoisotopic (exact) mass is 208 g/mol. The van der Waals surface area contributed by atoms with Gasteiger partial charge in [0.2, 0.25) is 0 Å². The van der Waals surface area contributed by atoms with Gasteiger partial charge in [0, 0.05) is 19.0 Å². The summed E-state index contributed by atoms with van der Waals surface area (Å²) in [6.07, 6.45) is 1.87. The highest BCUT2D eigenvalue weighted by Gasteiger charge is 2.08. The van der Waals surface area contributed by atoms with Crippen LogP contribution >= 0.6 is 0 Å². The Morgan fingerprint density at radius 1 is 1.40 bits per heavy atom. The Bertz CT molecular complexity index is 309. The first-order valence-electron chi connectivity index (χ1n) is 5.43. The molecule has 0 aliphatic rings. The number of nitrogens with zero attached hydrogens (tertiary/aromatic N) is 2. The molecule has 4 heteroatoms. The van der Waals surface area contributed by atoms with Crippen molar-refractivity contribution in [3.8, 4) is 0 Å². The molecule has 0 aliphatic carbocycles. The predicted octanol–water partition coefficient (Wildman–Crippen LogP) is 1.75. The van der Waals surface area contributed by atoms with Crippen molar-refractivity contribution in [2.45, 2.75) is 33.2 Å². The first-order chi connectivity index (χ1) is 7.19. The SMILES string of the molecule is CCNc1cnc(C(C)C)nc1CNC. The maximum absolute atomic E-state index is 4.54. The highest BCUT2D eigenvalue weighted by atomic mass is 15.0. The summed E-state index contributed by atoms with van der Waals surface area (Å²) in [4.78, 5) is 8.88. The molecule has 0 fully saturated rings. The molecule has 1 aromatic rings. The lowest BCUT2D eigenvalue weighted by molar-refractivity contribution is 0.728. The lowest BCUT2D eigenvalue weighted by atomic mass is 10.2. The van der Waals surface area contributed by atoms with E-state index in [1.54, 1.807) is 0 Å². The van der Waals surface area contributed by atoms with Crippen molar-refractivity contribution in [3.05, 3.63) is 17.7 Å². The molecule has 0 saturated carbocycles. The van der Waals surface area contributed by atoms with Crippen molar-refractivity contribution in [1.82, 2.24) is 15.3 Å². The Kier molecular flexibility index (Phi) is 4.49. The van der Waals surface area contributed by atoms with Gasteiger partial charge in [0.1, 0.15) is 5.82 Å². The Hall–Kier alpha value is -1.16. The summed E-state index contributed by atoms with van der Waals surface area (Å²) in [5.41, 5.74) is 2.06. The fraction of sp³-hybridized carbons (Fsp3) is 0.636. The van der Waals surface area contributed by atoms with Crippen LogP contribution in [0.4, 0.5) is 5.69 Å². The van der Waals surface area contributed by atoms with Gasteiger partial charge in [0.05, 0.1) is 17.6 Å². The fourth-order valence-electron chi connectivity index (χ4n) is 1.35. The number of aromatic nitrogens is 2. The molecule has 0 saturated heterocycles. The van der Waals surface area contributed by atoms with E-state index in [4.69, 9.17) is 0 Å². The van der Waals surface area contributed by atoms with E-state index >= 15 is 0 Å². The van der Waals surface area contributed by atoms with Crippen molar-refractivity contribution in [3.63, 3.8) is 0 Å². The second-order valence-electron chi connectivity index (χ2n) is 3.80. The number of anilines is 1. The second kappa shape index (κ2) is 5.66. The van der Waals surface area contributed by atoms with E-state index in [-0.39, 0.29) is 0 Å². The number of hydrogen-bond donors (Lipinski definition) is 2. The maximum atomic E-state index is 4.54. The quantitative estimate of drug-likeness (QED) is 0.774. The van der Waals surface area contributed by atoms with Gasteiger partial charge in [-0.15, -0.1) is 0 Å². The molecule has 0 aliphatic heterocycles. The molecular formula is C11H20N4. The summed E-state index contributed by atoms with van der Waals surface area (Å²) in [6.45, 7) is 7.93. The smallest absolute Gasteiger partial charge is 0.131 e. The van der Waals surface area contributed by atoms with Gasteiger partial charge in [-0.1, -0.05) is 13.8 Å². The van der Waals surface area contributed by atoms with Crippen LogP contribution in [0.1, 0.15) is 38.2 Å². The maximum Gasteiger partial charge on any atom is 0.131 e. The third kappa shape index (κ3) is 3.16. The van der Waals surface area contributed by atoms with Crippen LogP contribution in [0.2, 0.25) is 0 Å². The van der Waals surface area contributed by atoms with Crippen LogP contribution in [0.5, 0.6) is 0 Å². The van der Waals surface area contributed by atoms with Crippen LogP contribution in [0.15, 0.2) is 6.20 Å². The molecule has 4 nitrogen and oxygen atoms in total. The normalized spacial score (nSPS) is 10.7. The van der Waals surface area contributed by atoms with E-state index in [1.165, 1.54) is 0 Å². The summed E-state index contributed by atoms with van der Waals surface area (Å²) in [5.74, 6) is 1.28. The van der Waals surface area contributed by atoms with Gasteiger partial charge in [-0.2, -0.15) is 0 Å². The highest BCUT2D eigenvalue weighted by molar-refractivity contribution is 5.45. The summed E-state index contributed by atoms with van der Waals surface area (Å²) in [5, 5.41) is 6.38. The zero-order valence-corrected chi connectivity index (χ0v) is 9.96. The molecule has 0 spiro atoms. The molecule has 0 amide bonds. The average Bonchev–Trinajstić information content (AvgIpc) is 2.21. The second-order valence-corrected chi connectivity index (χ2v) is 3.80. The Morgan fingerprint density at radius 3 is 2.67 bits per heavy atom. The van der Waals surface area contributed by atoms with Gasteiger partial charge in [0.25, 0.3) is 0 Å². The van der Waals surface area contributed by atoms with Crippen molar-refractivity contribution in [2.75, 3.05) is 18.9 Å². The molecule has 15 heavy (non-hydrogen) atoms. The van der Waals surface area contributed by atoms with Crippen LogP contribution in [0.25, 0.3) is 0 Å². The Balaban J connectivity index is 2.97. The van der Waals surface area contributed by atoms with Crippen LogP contribution < -0.4 is 10.6 Å². The Labute approximate surface area is 91.5 Å². The topological polar surface area (TPSA) is 49.8 Å². The average molecular weight is 208 g/mol. The van der Waals surface area contributed by atoms with Gasteiger partial charge in [-0.05, 0) is 14.0 Å². The molecule has 1 heterocycles. The third-order valence-corrected chi connectivity index (χ3v) is 2.11. The van der Waals surface area contributed by atoms with Gasteiger partial charge in [-0.25, -0.2) is 9.97 Å². The fourth-order valence-corrected chi connectivity index (χ4v) is 1.35. The van der Waals surface area contributed by atoms with Crippen molar-refractivity contribution in [1.29, 1.82) is 0 Å². The summed E-state index contributed by atoms with van der Waals surface area (Å²) in [6, 6.07) is 0. The lowest BCUT2D eigenvalue weighted by Crippen LogP contribution is -2.13. The molecular weight excluding hydrogens is 188 g/mol. The molecule has 0 bridgehead atoms. The van der Waals surface area contributed by atoms with E-state index in [1.807, 2.05) is 13.2 Å². The summed E-state index contributed by atoms with van der Waals surface area (Å²) >= 11 is 0. The molecule has 84 valence electrons. The zero-order valence-electron chi connectivity index (χ0n) is 9.96. The molecule has 2 N–H and O–H groups in total. The number of nitrogens with one attached hydrogen (secondary N) is 2. The van der Waals surface area contributed by atoms with E-state index in [0.717, 1.165) is 30.3 Å². The zero-order chi connectivity index (χ0) is 11.3. The molecule has 1 aromatic heterocycles. The first kappa shape index (κ1) is 11.9. The van der Waals surface area contributed by atoms with E-state index < -0.39 is 0 Å². The van der Waals surface area contributed by atoms with Gasteiger partial charge < -0.3 is 10.6 Å². The minimum atomic E-state index is 0.372.